The molecule has 5 rings (SSSR count). The SMILES string of the molecule is CCOC(=O)c1c(NC(=O)C(CC)Sc2c([O-])on[n+]2-c2ccc(OC)cc2)sc2c1CCN(Cc1ccccc1)C2. The molecular weight excluding hydrogens is 576 g/mol. The Morgan fingerprint density at radius 3 is 2.64 bits per heavy atom. The molecular formula is C30H32N4O6S2. The van der Waals surface area contributed by atoms with Crippen LogP contribution in [-0.2, 0) is 29.0 Å². The number of ether oxygens (including phenoxy) is 2. The number of thioether (sulfide) groups is 1. The monoisotopic (exact) mass is 608 g/mol. The Hall–Kier alpha value is -3.87. The van der Waals surface area contributed by atoms with Gasteiger partial charge >= 0.3 is 5.97 Å². The maximum atomic E-state index is 13.6. The normalized spacial score (nSPS) is 13.8. The Labute approximate surface area is 252 Å². The second-order valence-corrected chi connectivity index (χ2v) is 12.0. The first kappa shape index (κ1) is 29.6. The van der Waals surface area contributed by atoms with Gasteiger partial charge in [-0.15, -0.1) is 11.3 Å². The van der Waals surface area contributed by atoms with E-state index in [9.17, 15) is 14.7 Å². The summed E-state index contributed by atoms with van der Waals surface area (Å²) in [5.41, 5.74) is 3.16. The Morgan fingerprint density at radius 2 is 1.95 bits per heavy atom. The molecule has 0 fully saturated rings. The van der Waals surface area contributed by atoms with Crippen LogP contribution in [0.3, 0.4) is 0 Å². The van der Waals surface area contributed by atoms with Gasteiger partial charge in [-0.3, -0.25) is 9.69 Å². The summed E-state index contributed by atoms with van der Waals surface area (Å²) in [6.07, 6.45) is 1.10. The number of fused-ring (bicyclic) bond motifs is 1. The van der Waals surface area contributed by atoms with Crippen LogP contribution in [0.2, 0.25) is 0 Å². The first-order chi connectivity index (χ1) is 20.4. The van der Waals surface area contributed by atoms with Gasteiger partial charge in [0.2, 0.25) is 11.6 Å². The number of benzene rings is 2. The van der Waals surface area contributed by atoms with Gasteiger partial charge in [0.05, 0.1) is 29.8 Å². The van der Waals surface area contributed by atoms with Crippen LogP contribution in [0, 0.1) is 0 Å². The minimum atomic E-state index is -0.648. The molecule has 220 valence electrons. The summed E-state index contributed by atoms with van der Waals surface area (Å²) in [6.45, 7) is 6.11. The van der Waals surface area contributed by atoms with Crippen LogP contribution in [0.5, 0.6) is 11.7 Å². The minimum Gasteiger partial charge on any atom is -0.538 e. The van der Waals surface area contributed by atoms with E-state index in [1.54, 1.807) is 38.3 Å². The number of esters is 1. The van der Waals surface area contributed by atoms with Gasteiger partial charge in [0.25, 0.3) is 5.03 Å². The molecule has 4 aromatic rings. The summed E-state index contributed by atoms with van der Waals surface area (Å²) in [6, 6.07) is 17.2. The Balaban J connectivity index is 1.37. The number of methoxy groups -OCH3 is 1. The molecule has 1 N–H and O–H groups in total. The van der Waals surface area contributed by atoms with Crippen molar-refractivity contribution in [1.29, 1.82) is 0 Å². The molecule has 2 aromatic carbocycles. The van der Waals surface area contributed by atoms with E-state index in [1.165, 1.54) is 21.6 Å². The zero-order valence-corrected chi connectivity index (χ0v) is 25.3. The predicted octanol–water partition coefficient (Wildman–Crippen LogP) is 4.34. The number of nitrogens with zero attached hydrogens (tertiary/aromatic N) is 3. The average Bonchev–Trinajstić information content (AvgIpc) is 3.55. The van der Waals surface area contributed by atoms with Crippen molar-refractivity contribution in [2.24, 2.45) is 0 Å². The second-order valence-electron chi connectivity index (χ2n) is 9.65. The van der Waals surface area contributed by atoms with Crippen molar-refractivity contribution in [2.75, 3.05) is 25.6 Å². The fraction of sp³-hybridized carbons (Fsp3) is 0.333. The smallest absolute Gasteiger partial charge is 0.341 e. The summed E-state index contributed by atoms with van der Waals surface area (Å²) in [4.78, 5) is 30.0. The van der Waals surface area contributed by atoms with Gasteiger partial charge in [-0.05, 0) is 59.5 Å². The molecule has 0 bridgehead atoms. The van der Waals surface area contributed by atoms with Crippen LogP contribution in [0.15, 0.2) is 64.1 Å². The number of thiophene rings is 1. The van der Waals surface area contributed by atoms with Gasteiger partial charge in [0.1, 0.15) is 10.8 Å². The zero-order valence-electron chi connectivity index (χ0n) is 23.6. The molecule has 0 radical (unpaired) electrons. The van der Waals surface area contributed by atoms with Crippen molar-refractivity contribution in [2.45, 2.75) is 50.1 Å². The van der Waals surface area contributed by atoms with Gasteiger partial charge in [-0.1, -0.05) is 37.3 Å². The largest absolute Gasteiger partial charge is 0.538 e. The number of rotatable bonds is 11. The summed E-state index contributed by atoms with van der Waals surface area (Å²) in [7, 11) is 1.57. The Bertz CT molecular complexity index is 1540. The molecule has 12 heteroatoms. The quantitative estimate of drug-likeness (QED) is 0.151. The first-order valence-corrected chi connectivity index (χ1v) is 15.4. The number of aromatic nitrogens is 2. The van der Waals surface area contributed by atoms with Gasteiger partial charge in [-0.25, -0.2) is 4.79 Å². The highest BCUT2D eigenvalue weighted by atomic mass is 32.2. The third kappa shape index (κ3) is 6.45. The number of hydrogen-bond donors (Lipinski definition) is 1. The molecule has 2 aromatic heterocycles. The van der Waals surface area contributed by atoms with Crippen molar-refractivity contribution >= 4 is 40.0 Å². The zero-order chi connectivity index (χ0) is 29.6. The van der Waals surface area contributed by atoms with Crippen molar-refractivity contribution in [1.82, 2.24) is 10.2 Å². The van der Waals surface area contributed by atoms with Gasteiger partial charge in [0, 0.05) is 36.6 Å². The lowest BCUT2D eigenvalue weighted by molar-refractivity contribution is -0.705. The van der Waals surface area contributed by atoms with Crippen LogP contribution >= 0.6 is 23.1 Å². The van der Waals surface area contributed by atoms with Crippen molar-refractivity contribution in [3.63, 3.8) is 0 Å². The van der Waals surface area contributed by atoms with Crippen LogP contribution in [-0.4, -0.2) is 47.6 Å². The third-order valence-corrected chi connectivity index (χ3v) is 9.43. The molecule has 3 heterocycles. The lowest BCUT2D eigenvalue weighted by Crippen LogP contribution is -2.36. The van der Waals surface area contributed by atoms with E-state index in [1.807, 2.05) is 25.1 Å². The van der Waals surface area contributed by atoms with Crippen LogP contribution in [0.25, 0.3) is 5.69 Å². The van der Waals surface area contributed by atoms with Crippen LogP contribution in [0.1, 0.15) is 46.6 Å². The number of carbonyl (C=O) groups excluding carboxylic acids is 2. The highest BCUT2D eigenvalue weighted by molar-refractivity contribution is 8.00. The number of carbonyl (C=O) groups is 2. The van der Waals surface area contributed by atoms with E-state index in [2.05, 4.69) is 27.6 Å². The number of amides is 1. The third-order valence-electron chi connectivity index (χ3n) is 6.91. The highest BCUT2D eigenvalue weighted by Crippen LogP contribution is 2.39. The molecule has 1 aliphatic heterocycles. The topological polar surface area (TPSA) is 121 Å². The van der Waals surface area contributed by atoms with Crippen LogP contribution in [0.4, 0.5) is 5.00 Å². The Kier molecular flexibility index (Phi) is 9.45. The Morgan fingerprint density at radius 1 is 1.19 bits per heavy atom. The predicted molar refractivity (Wildman–Crippen MR) is 157 cm³/mol. The summed E-state index contributed by atoms with van der Waals surface area (Å²) in [5.74, 6) is -0.751. The van der Waals surface area contributed by atoms with E-state index >= 15 is 0 Å². The van der Waals surface area contributed by atoms with E-state index in [-0.39, 0.29) is 17.5 Å². The molecule has 1 unspecified atom stereocenters. The second kappa shape index (κ2) is 13.4. The molecule has 0 saturated heterocycles. The molecule has 0 saturated carbocycles. The van der Waals surface area contributed by atoms with Crippen molar-refractivity contribution < 1.29 is 33.4 Å². The maximum absolute atomic E-state index is 13.6. The molecule has 1 amide bonds. The minimum absolute atomic E-state index is 0.176. The van der Waals surface area contributed by atoms with E-state index < -0.39 is 17.2 Å². The average molecular weight is 609 g/mol. The van der Waals surface area contributed by atoms with E-state index in [0.29, 0.717) is 41.4 Å². The number of hydrogen-bond acceptors (Lipinski definition) is 10. The number of anilines is 1. The van der Waals surface area contributed by atoms with E-state index in [4.69, 9.17) is 14.0 Å². The van der Waals surface area contributed by atoms with E-state index in [0.717, 1.165) is 35.3 Å². The standard InChI is InChI=1S/C30H32N4O6S2/c1-4-23(42-28-30(37)40-32-34(28)20-11-13-21(38-3)14-12-20)26(35)31-27-25(29(36)39-5-2)22-15-16-33(18-24(22)41-27)17-19-9-7-6-8-10-19/h6-14,23H,4-5,15-18H2,1-3H3,(H-,31,32,35,36,37). The van der Waals surface area contributed by atoms with Crippen molar-refractivity contribution in [3.8, 4) is 17.4 Å². The molecule has 42 heavy (non-hydrogen) atoms. The lowest BCUT2D eigenvalue weighted by atomic mass is 10.0. The fourth-order valence-electron chi connectivity index (χ4n) is 4.82. The molecule has 10 nitrogen and oxygen atoms in total. The van der Waals surface area contributed by atoms with Crippen molar-refractivity contribution in [3.05, 3.63) is 76.2 Å². The van der Waals surface area contributed by atoms with Gasteiger partial charge in [0.15, 0.2) is 5.95 Å². The first-order valence-electron chi connectivity index (χ1n) is 13.7. The lowest BCUT2D eigenvalue weighted by Gasteiger charge is -2.27. The molecule has 1 aliphatic rings. The maximum Gasteiger partial charge on any atom is 0.341 e. The fourth-order valence-corrected chi connectivity index (χ4v) is 7.07. The summed E-state index contributed by atoms with van der Waals surface area (Å²) >= 11 is 2.48. The number of nitrogens with one attached hydrogen (secondary N) is 1. The molecule has 1 atom stereocenters. The summed E-state index contributed by atoms with van der Waals surface area (Å²) < 4.78 is 16.9. The molecule has 0 aliphatic carbocycles. The summed E-state index contributed by atoms with van der Waals surface area (Å²) in [5, 5.41) is 19.5. The van der Waals surface area contributed by atoms with Gasteiger partial charge < -0.3 is 24.4 Å². The molecule has 0 spiro atoms. The van der Waals surface area contributed by atoms with Gasteiger partial charge in [-0.2, -0.15) is 0 Å². The highest BCUT2D eigenvalue weighted by Gasteiger charge is 2.33. The van der Waals surface area contributed by atoms with Crippen LogP contribution < -0.4 is 19.8 Å².